The van der Waals surface area contributed by atoms with Crippen molar-refractivity contribution in [2.75, 3.05) is 0 Å². The lowest BCUT2D eigenvalue weighted by atomic mass is 10.0. The molecule has 1 aromatic carbocycles. The minimum atomic E-state index is -0.756. The molecule has 0 fully saturated rings. The Hall–Kier alpha value is -2.69. The average molecular weight is 240 g/mol. The molecule has 0 radical (unpaired) electrons. The number of aromatic nitrogens is 2. The topological polar surface area (TPSA) is 76.0 Å². The number of H-pyrrole nitrogens is 1. The van der Waals surface area contributed by atoms with Crippen molar-refractivity contribution in [2.24, 2.45) is 0 Å². The molecule has 0 aliphatic rings. The van der Waals surface area contributed by atoms with Gasteiger partial charge in [0.15, 0.2) is 0 Å². The van der Waals surface area contributed by atoms with E-state index in [0.717, 1.165) is 11.1 Å². The third kappa shape index (κ3) is 1.62. The van der Waals surface area contributed by atoms with Crippen LogP contribution in [0, 0.1) is 0 Å². The molecule has 2 aromatic heterocycles. The minimum Gasteiger partial charge on any atom is -0.372 e. The van der Waals surface area contributed by atoms with Crippen LogP contribution in [-0.2, 0) is 0 Å². The number of pyridine rings is 1. The monoisotopic (exact) mass is 240 g/mol. The third-order valence-corrected chi connectivity index (χ3v) is 2.69. The highest BCUT2D eigenvalue weighted by Crippen LogP contribution is 2.24. The van der Waals surface area contributed by atoms with Gasteiger partial charge in [0.2, 0.25) is 0 Å². The lowest BCUT2D eigenvalue weighted by Gasteiger charge is -2.04. The zero-order valence-corrected chi connectivity index (χ0v) is 9.21. The molecule has 0 saturated carbocycles. The summed E-state index contributed by atoms with van der Waals surface area (Å²) in [6.07, 6.45) is 3.30. The van der Waals surface area contributed by atoms with E-state index in [1.54, 1.807) is 24.5 Å². The zero-order chi connectivity index (χ0) is 12.5. The maximum atomic E-state index is 11.6. The Morgan fingerprint density at radius 2 is 1.83 bits per heavy atom. The van der Waals surface area contributed by atoms with Crippen molar-refractivity contribution in [3.05, 3.63) is 63.7 Å². The fraction of sp³-hybridized carbons (Fsp3) is 0. The Morgan fingerprint density at radius 3 is 2.61 bits per heavy atom. The third-order valence-electron chi connectivity index (χ3n) is 2.69. The Morgan fingerprint density at radius 1 is 1.06 bits per heavy atom. The van der Waals surface area contributed by atoms with E-state index in [1.807, 2.05) is 18.2 Å². The molecule has 2 heterocycles. The lowest BCUT2D eigenvalue weighted by molar-refractivity contribution is 0.460. The van der Waals surface area contributed by atoms with Gasteiger partial charge < -0.3 is 4.42 Å². The van der Waals surface area contributed by atoms with E-state index in [9.17, 15) is 9.59 Å². The second-order valence-corrected chi connectivity index (χ2v) is 3.77. The van der Waals surface area contributed by atoms with Gasteiger partial charge in [0, 0.05) is 18.0 Å². The summed E-state index contributed by atoms with van der Waals surface area (Å²) in [5, 5.41) is 0.351. The van der Waals surface area contributed by atoms with Crippen LogP contribution in [0.1, 0.15) is 0 Å². The molecule has 0 bridgehead atoms. The smallest absolute Gasteiger partial charge is 0.372 e. The quantitative estimate of drug-likeness (QED) is 0.700. The number of rotatable bonds is 1. The van der Waals surface area contributed by atoms with Gasteiger partial charge in [0.1, 0.15) is 0 Å². The molecule has 3 rings (SSSR count). The van der Waals surface area contributed by atoms with Crippen LogP contribution in [0.3, 0.4) is 0 Å². The molecule has 5 heteroatoms. The molecule has 0 aliphatic carbocycles. The molecular formula is C13H8N2O3. The van der Waals surface area contributed by atoms with Gasteiger partial charge in [0.05, 0.1) is 10.9 Å². The van der Waals surface area contributed by atoms with E-state index >= 15 is 0 Å². The summed E-state index contributed by atoms with van der Waals surface area (Å²) in [7, 11) is 0. The van der Waals surface area contributed by atoms with E-state index in [0.29, 0.717) is 10.9 Å². The molecule has 0 atom stereocenters. The van der Waals surface area contributed by atoms with Gasteiger partial charge in [-0.1, -0.05) is 12.1 Å². The fourth-order valence-corrected chi connectivity index (χ4v) is 1.90. The summed E-state index contributed by atoms with van der Waals surface area (Å²) in [5.74, 6) is -0.756. The molecular weight excluding hydrogens is 232 g/mol. The van der Waals surface area contributed by atoms with Crippen molar-refractivity contribution in [1.29, 1.82) is 0 Å². The number of nitrogens with zero attached hydrogens (tertiary/aromatic N) is 1. The molecule has 0 unspecified atom stereocenters. The highest BCUT2D eigenvalue weighted by atomic mass is 16.4. The second-order valence-electron chi connectivity index (χ2n) is 3.77. The van der Waals surface area contributed by atoms with Crippen LogP contribution in [0.15, 0.2) is 56.7 Å². The summed E-state index contributed by atoms with van der Waals surface area (Å²) in [4.78, 5) is 29.3. The molecule has 5 nitrogen and oxygen atoms in total. The first kappa shape index (κ1) is 10.5. The number of nitrogens with one attached hydrogen (secondary N) is 1. The Bertz CT molecular complexity index is 819. The van der Waals surface area contributed by atoms with E-state index < -0.39 is 11.4 Å². The maximum absolute atomic E-state index is 11.6. The Balaban J connectivity index is 2.45. The van der Waals surface area contributed by atoms with E-state index in [2.05, 4.69) is 14.4 Å². The predicted octanol–water partition coefficient (Wildman–Crippen LogP) is 1.54. The zero-order valence-electron chi connectivity index (χ0n) is 9.21. The molecule has 88 valence electrons. The summed E-state index contributed by atoms with van der Waals surface area (Å²) in [6, 6.07) is 8.80. The number of hydrogen-bond acceptors (Lipinski definition) is 4. The first-order valence-electron chi connectivity index (χ1n) is 5.32. The lowest BCUT2D eigenvalue weighted by Crippen LogP contribution is -2.14. The molecule has 0 aliphatic heterocycles. The number of fused-ring (bicyclic) bond motifs is 1. The van der Waals surface area contributed by atoms with Gasteiger partial charge in [-0.05, 0) is 23.8 Å². The van der Waals surface area contributed by atoms with Crippen LogP contribution in [0.5, 0.6) is 0 Å². The summed E-state index contributed by atoms with van der Waals surface area (Å²) < 4.78 is 4.50. The average Bonchev–Trinajstić information content (AvgIpc) is 2.39. The van der Waals surface area contributed by atoms with E-state index in [-0.39, 0.29) is 0 Å². The second kappa shape index (κ2) is 3.96. The summed E-state index contributed by atoms with van der Waals surface area (Å²) >= 11 is 0. The van der Waals surface area contributed by atoms with Crippen molar-refractivity contribution in [2.45, 2.75) is 0 Å². The van der Waals surface area contributed by atoms with Crippen molar-refractivity contribution >= 4 is 10.9 Å². The molecule has 0 saturated heterocycles. The van der Waals surface area contributed by atoms with Crippen molar-refractivity contribution in [3.63, 3.8) is 0 Å². The van der Waals surface area contributed by atoms with Crippen LogP contribution in [0.25, 0.3) is 22.0 Å². The molecule has 18 heavy (non-hydrogen) atoms. The van der Waals surface area contributed by atoms with Gasteiger partial charge in [-0.15, -0.1) is 0 Å². The van der Waals surface area contributed by atoms with Gasteiger partial charge in [-0.3, -0.25) is 9.97 Å². The molecule has 0 amide bonds. The molecule has 3 aromatic rings. The molecule has 1 N–H and O–H groups in total. The van der Waals surface area contributed by atoms with Gasteiger partial charge in [0.25, 0.3) is 0 Å². The van der Waals surface area contributed by atoms with Crippen LogP contribution in [0.4, 0.5) is 0 Å². The summed E-state index contributed by atoms with van der Waals surface area (Å²) in [5.41, 5.74) is 1.48. The number of aromatic amines is 1. The number of hydrogen-bond donors (Lipinski definition) is 1. The van der Waals surface area contributed by atoms with E-state index in [4.69, 9.17) is 0 Å². The van der Waals surface area contributed by atoms with Crippen molar-refractivity contribution in [1.82, 2.24) is 9.97 Å². The van der Waals surface area contributed by atoms with Crippen molar-refractivity contribution < 1.29 is 4.42 Å². The predicted molar refractivity (Wildman–Crippen MR) is 66.3 cm³/mol. The van der Waals surface area contributed by atoms with E-state index in [1.165, 1.54) is 0 Å². The van der Waals surface area contributed by atoms with Crippen LogP contribution < -0.4 is 11.4 Å². The normalized spacial score (nSPS) is 10.7. The first-order chi connectivity index (χ1) is 8.75. The highest BCUT2D eigenvalue weighted by Gasteiger charge is 2.08. The fourth-order valence-electron chi connectivity index (χ4n) is 1.90. The number of para-hydroxylation sites is 1. The van der Waals surface area contributed by atoms with Crippen LogP contribution in [0.2, 0.25) is 0 Å². The van der Waals surface area contributed by atoms with Crippen molar-refractivity contribution in [3.8, 4) is 11.1 Å². The van der Waals surface area contributed by atoms with Gasteiger partial charge >= 0.3 is 11.4 Å². The first-order valence-corrected chi connectivity index (χ1v) is 5.32. The van der Waals surface area contributed by atoms with Gasteiger partial charge in [-0.25, -0.2) is 9.59 Å². The largest absolute Gasteiger partial charge is 0.419 e. The standard InChI is InChI=1S/C13H8N2O3/c16-12-10-3-1-2-9(8-4-6-14-7-5-8)11(10)15-13(17)18-12/h1-7H,(H,15,17). The molecule has 0 spiro atoms. The Kier molecular flexibility index (Phi) is 2.30. The number of benzene rings is 1. The van der Waals surface area contributed by atoms with Crippen LogP contribution >= 0.6 is 0 Å². The SMILES string of the molecule is O=c1[nH]c2c(-c3ccncc3)cccc2c(=O)o1. The maximum Gasteiger partial charge on any atom is 0.419 e. The minimum absolute atomic E-state index is 0.351. The summed E-state index contributed by atoms with van der Waals surface area (Å²) in [6.45, 7) is 0. The Labute approximate surface area is 101 Å². The highest BCUT2D eigenvalue weighted by molar-refractivity contribution is 5.92. The van der Waals surface area contributed by atoms with Crippen LogP contribution in [-0.4, -0.2) is 9.97 Å². The van der Waals surface area contributed by atoms with Gasteiger partial charge in [-0.2, -0.15) is 0 Å².